The second-order valence-corrected chi connectivity index (χ2v) is 13.3. The highest BCUT2D eigenvalue weighted by molar-refractivity contribution is 5.86. The molecule has 3 aliphatic heterocycles. The van der Waals surface area contributed by atoms with Crippen LogP contribution >= 0.6 is 0 Å². The molecule has 5 aliphatic rings. The molecule has 214 valence electrons. The maximum atomic E-state index is 10.5. The van der Waals surface area contributed by atoms with Gasteiger partial charge in [0.05, 0.1) is 6.54 Å². The molecule has 7 nitrogen and oxygen atoms in total. The van der Waals surface area contributed by atoms with Gasteiger partial charge in [-0.2, -0.15) is 0 Å². The summed E-state index contributed by atoms with van der Waals surface area (Å²) >= 11 is 0. The molecule has 0 radical (unpaired) electrons. The largest absolute Gasteiger partial charge is 0.507 e. The smallest absolute Gasteiger partial charge is 0.165 e. The molecular formula is C33H43N3O4. The summed E-state index contributed by atoms with van der Waals surface area (Å²) in [5.41, 5.74) is 6.68. The summed E-state index contributed by atoms with van der Waals surface area (Å²) in [5, 5.41) is 34.4. The number of aryl methyl sites for hydroxylation is 1. The molecule has 2 aromatic rings. The van der Waals surface area contributed by atoms with Crippen molar-refractivity contribution in [2.75, 3.05) is 26.7 Å². The van der Waals surface area contributed by atoms with E-state index in [0.29, 0.717) is 23.5 Å². The van der Waals surface area contributed by atoms with E-state index in [1.807, 2.05) is 19.1 Å². The van der Waals surface area contributed by atoms with Crippen molar-refractivity contribution in [2.45, 2.75) is 83.0 Å². The van der Waals surface area contributed by atoms with Crippen molar-refractivity contribution < 1.29 is 20.1 Å². The molecule has 7 rings (SSSR count). The van der Waals surface area contributed by atoms with Crippen LogP contribution in [0.1, 0.15) is 60.6 Å². The molecule has 2 bridgehead atoms. The third kappa shape index (κ3) is 4.04. The van der Waals surface area contributed by atoms with Crippen LogP contribution in [0.15, 0.2) is 35.3 Å². The summed E-state index contributed by atoms with van der Waals surface area (Å²) < 4.78 is 6.09. The van der Waals surface area contributed by atoms with Gasteiger partial charge in [-0.3, -0.25) is 4.99 Å². The van der Waals surface area contributed by atoms with E-state index in [1.165, 1.54) is 22.3 Å². The van der Waals surface area contributed by atoms with Crippen molar-refractivity contribution in [3.05, 3.63) is 63.7 Å². The van der Waals surface area contributed by atoms with Gasteiger partial charge in [-0.05, 0) is 79.6 Å². The van der Waals surface area contributed by atoms with Crippen LogP contribution in [0.2, 0.25) is 0 Å². The number of aliphatic imine (C=N–C) groups is 1. The average molecular weight is 546 g/mol. The molecule has 0 aromatic heterocycles. The Kier molecular flexibility index (Phi) is 6.46. The normalized spacial score (nSPS) is 29.6. The Bertz CT molecular complexity index is 1410. The lowest BCUT2D eigenvalue weighted by molar-refractivity contribution is -0.0453. The zero-order valence-corrected chi connectivity index (χ0v) is 24.6. The minimum absolute atomic E-state index is 0.0404. The lowest BCUT2D eigenvalue weighted by Crippen LogP contribution is -2.64. The van der Waals surface area contributed by atoms with Crippen molar-refractivity contribution in [3.63, 3.8) is 0 Å². The molecule has 2 aromatic carbocycles. The lowest BCUT2D eigenvalue weighted by Gasteiger charge is -2.56. The van der Waals surface area contributed by atoms with Gasteiger partial charge in [0.2, 0.25) is 0 Å². The number of benzene rings is 2. The summed E-state index contributed by atoms with van der Waals surface area (Å²) in [6.07, 6.45) is 5.97. The summed E-state index contributed by atoms with van der Waals surface area (Å²) in [6, 6.07) is 6.34. The molecule has 0 unspecified atom stereocenters. The summed E-state index contributed by atoms with van der Waals surface area (Å²) in [5.74, 6) is 2.66. The number of rotatable bonds is 2. The third-order valence-electron chi connectivity index (χ3n) is 9.95. The van der Waals surface area contributed by atoms with Crippen molar-refractivity contribution in [3.8, 4) is 17.2 Å². The first-order valence-electron chi connectivity index (χ1n) is 14.6. The van der Waals surface area contributed by atoms with Crippen LogP contribution in [0.5, 0.6) is 17.2 Å². The summed E-state index contributed by atoms with van der Waals surface area (Å²) in [4.78, 5) is 6.87. The molecule has 7 heteroatoms. The molecule has 2 aliphatic carbocycles. The van der Waals surface area contributed by atoms with Crippen LogP contribution in [0.3, 0.4) is 0 Å². The van der Waals surface area contributed by atoms with E-state index in [-0.39, 0.29) is 22.7 Å². The van der Waals surface area contributed by atoms with E-state index in [1.54, 1.807) is 6.07 Å². The third-order valence-corrected chi connectivity index (χ3v) is 9.95. The van der Waals surface area contributed by atoms with Gasteiger partial charge in [-0.1, -0.05) is 45.1 Å². The van der Waals surface area contributed by atoms with Gasteiger partial charge >= 0.3 is 0 Å². The second kappa shape index (κ2) is 9.52. The number of piperidine rings is 1. The number of hydrogen-bond donors (Lipinski definition) is 4. The monoisotopic (exact) mass is 545 g/mol. The number of nitrogens with one attached hydrogen (secondary N) is 1. The quantitative estimate of drug-likeness (QED) is 0.425. The Hall–Kier alpha value is -3.03. The maximum Gasteiger partial charge on any atom is 0.165 e. The number of nitrogens with zero attached hydrogens (tertiary/aromatic N) is 2. The molecule has 1 spiro atoms. The molecule has 1 saturated heterocycles. The Balaban J connectivity index is 0.000000146. The summed E-state index contributed by atoms with van der Waals surface area (Å²) in [6.45, 7) is 13.3. The van der Waals surface area contributed by atoms with E-state index in [0.717, 1.165) is 55.9 Å². The molecule has 5 atom stereocenters. The number of ether oxygens (including phenoxy) is 1. The van der Waals surface area contributed by atoms with Crippen molar-refractivity contribution >= 4 is 5.84 Å². The number of aliphatic hydroxyl groups excluding tert-OH is 1. The highest BCUT2D eigenvalue weighted by Gasteiger charge is 2.64. The lowest BCUT2D eigenvalue weighted by atomic mass is 9.53. The zero-order valence-electron chi connectivity index (χ0n) is 24.6. The van der Waals surface area contributed by atoms with Crippen LogP contribution in [-0.4, -0.2) is 71.0 Å². The average Bonchev–Trinajstić information content (AvgIpc) is 3.54. The number of amidine groups is 1. The Labute approximate surface area is 237 Å². The number of phenolic OH excluding ortho intramolecular Hbond substituents is 2. The SMILES string of the molecule is CN1CC[C@]23c4c5ccc(O)c4O[C@H]2[C@@H](O)C=C[C@H]3[C@H]1C5.Cc1cc(C(C)(C)C)c(O)c(C)c1CC1=NCCN1. The first kappa shape index (κ1) is 27.2. The number of aromatic hydroxyl groups is 2. The molecular weight excluding hydrogens is 502 g/mol. The predicted molar refractivity (Wildman–Crippen MR) is 158 cm³/mol. The second-order valence-electron chi connectivity index (χ2n) is 13.3. The minimum atomic E-state index is -0.594. The molecule has 0 amide bonds. The predicted octanol–water partition coefficient (Wildman–Crippen LogP) is 4.05. The fourth-order valence-electron chi connectivity index (χ4n) is 7.83. The summed E-state index contributed by atoms with van der Waals surface area (Å²) in [7, 11) is 2.19. The van der Waals surface area contributed by atoms with Gasteiger partial charge in [0.15, 0.2) is 11.5 Å². The van der Waals surface area contributed by atoms with Gasteiger partial charge in [-0.25, -0.2) is 0 Å². The van der Waals surface area contributed by atoms with Crippen LogP contribution in [-0.2, 0) is 23.7 Å². The van der Waals surface area contributed by atoms with Gasteiger partial charge < -0.3 is 30.3 Å². The van der Waals surface area contributed by atoms with Crippen molar-refractivity contribution in [1.29, 1.82) is 0 Å². The number of hydrogen-bond acceptors (Lipinski definition) is 7. The van der Waals surface area contributed by atoms with Crippen molar-refractivity contribution in [2.24, 2.45) is 10.9 Å². The molecule has 3 heterocycles. The van der Waals surface area contributed by atoms with Gasteiger partial charge in [0.25, 0.3) is 0 Å². The van der Waals surface area contributed by atoms with Gasteiger partial charge in [0.1, 0.15) is 23.8 Å². The highest BCUT2D eigenvalue weighted by atomic mass is 16.5. The van der Waals surface area contributed by atoms with Crippen molar-refractivity contribution in [1.82, 2.24) is 10.2 Å². The fourth-order valence-corrected chi connectivity index (χ4v) is 7.83. The highest BCUT2D eigenvalue weighted by Crippen LogP contribution is 2.62. The Morgan fingerprint density at radius 2 is 1.95 bits per heavy atom. The first-order valence-corrected chi connectivity index (χ1v) is 14.6. The number of likely N-dealkylation sites (tertiary alicyclic amines) is 1. The van der Waals surface area contributed by atoms with Gasteiger partial charge in [0, 0.05) is 35.9 Å². The van der Waals surface area contributed by atoms with Crippen LogP contribution in [0.25, 0.3) is 0 Å². The number of phenols is 2. The minimum Gasteiger partial charge on any atom is -0.507 e. The van der Waals surface area contributed by atoms with Gasteiger partial charge in [-0.15, -0.1) is 0 Å². The standard InChI is InChI=1S/C17H19NO3.C16H24N2O/c1-18-7-6-17-10-3-5-13(20)16(17)21-15-12(19)4-2-9(14(15)17)8-11(10)18;1-10-8-13(16(3,4)5)15(19)11(2)12(10)9-14-17-6-7-18-14/h2-5,10-11,13,16,19-20H,6-8H2,1H3;8,19H,6-7,9H2,1-5H3,(H,17,18)/t10-,11+,13-,16-,17-;/m0./s1. The van der Waals surface area contributed by atoms with E-state index in [2.05, 4.69) is 62.1 Å². The van der Waals surface area contributed by atoms with Crippen LogP contribution in [0.4, 0.5) is 0 Å². The van der Waals surface area contributed by atoms with E-state index >= 15 is 0 Å². The van der Waals surface area contributed by atoms with E-state index in [9.17, 15) is 15.3 Å². The zero-order chi connectivity index (χ0) is 28.6. The first-order chi connectivity index (χ1) is 18.9. The molecule has 0 saturated carbocycles. The van der Waals surface area contributed by atoms with Crippen LogP contribution in [0, 0.1) is 19.8 Å². The Morgan fingerprint density at radius 3 is 2.65 bits per heavy atom. The molecule has 40 heavy (non-hydrogen) atoms. The van der Waals surface area contributed by atoms with Crippen LogP contribution < -0.4 is 10.1 Å². The number of aliphatic hydroxyl groups is 1. The van der Waals surface area contributed by atoms with E-state index < -0.39 is 6.10 Å². The molecule has 1 fully saturated rings. The number of likely N-dealkylation sites (N-methyl/N-ethyl adjacent to an activating group) is 1. The molecule has 4 N–H and O–H groups in total. The topological polar surface area (TPSA) is 97.6 Å². The fraction of sp³-hybridized carbons (Fsp3) is 0.545. The maximum absolute atomic E-state index is 10.5. The van der Waals surface area contributed by atoms with E-state index in [4.69, 9.17) is 4.74 Å². The Morgan fingerprint density at radius 1 is 1.18 bits per heavy atom.